The van der Waals surface area contributed by atoms with E-state index in [9.17, 15) is 14.0 Å². The number of carbonyl (C=O) groups excluding carboxylic acids is 2. The van der Waals surface area contributed by atoms with Gasteiger partial charge in [-0.05, 0) is 17.7 Å². The third-order valence-corrected chi connectivity index (χ3v) is 2.81. The number of anilines is 1. The summed E-state index contributed by atoms with van der Waals surface area (Å²) in [7, 11) is 0. The Morgan fingerprint density at radius 3 is 2.50 bits per heavy atom. The predicted octanol–water partition coefficient (Wildman–Crippen LogP) is 2.02. The molecule has 1 saturated heterocycles. The van der Waals surface area contributed by atoms with Crippen LogP contribution in [0.25, 0.3) is 0 Å². The maximum atomic E-state index is 13.8. The van der Waals surface area contributed by atoms with Gasteiger partial charge >= 0.3 is 11.9 Å². The summed E-state index contributed by atoms with van der Waals surface area (Å²) < 4.78 is 23.6. The van der Waals surface area contributed by atoms with Crippen molar-refractivity contribution in [2.24, 2.45) is 0 Å². The Labute approximate surface area is 126 Å². The molecule has 0 amide bonds. The minimum Gasteiger partial charge on any atom is -0.419 e. The molecular weight excluding hydrogens is 291 g/mol. The summed E-state index contributed by atoms with van der Waals surface area (Å²) in [4.78, 5) is 23.4. The molecule has 1 aliphatic heterocycles. The molecule has 0 aliphatic carbocycles. The number of nitrogens with zero attached hydrogens (tertiary/aromatic N) is 1. The van der Waals surface area contributed by atoms with E-state index in [2.05, 4.69) is 5.32 Å². The van der Waals surface area contributed by atoms with Crippen LogP contribution in [-0.2, 0) is 25.5 Å². The number of hydrogen-bond donors (Lipinski definition) is 1. The van der Waals surface area contributed by atoms with Gasteiger partial charge in [-0.2, -0.15) is 5.26 Å². The third-order valence-electron chi connectivity index (χ3n) is 2.81. The van der Waals surface area contributed by atoms with Crippen molar-refractivity contribution in [2.75, 3.05) is 5.32 Å². The molecule has 1 heterocycles. The van der Waals surface area contributed by atoms with Gasteiger partial charge in [0.15, 0.2) is 5.57 Å². The molecule has 0 unspecified atom stereocenters. The highest BCUT2D eigenvalue weighted by Crippen LogP contribution is 2.23. The number of rotatable bonds is 3. The average Bonchev–Trinajstić information content (AvgIpc) is 2.39. The summed E-state index contributed by atoms with van der Waals surface area (Å²) >= 11 is 0. The van der Waals surface area contributed by atoms with Crippen LogP contribution < -0.4 is 5.32 Å². The normalized spacial score (nSPS) is 16.4. The Hall–Kier alpha value is -2.88. The van der Waals surface area contributed by atoms with Crippen molar-refractivity contribution in [3.63, 3.8) is 0 Å². The number of hydrogen-bond acceptors (Lipinski definition) is 6. The van der Waals surface area contributed by atoms with Crippen molar-refractivity contribution < 1.29 is 23.5 Å². The minimum atomic E-state index is -1.32. The monoisotopic (exact) mass is 304 g/mol. The van der Waals surface area contributed by atoms with E-state index >= 15 is 0 Å². The van der Waals surface area contributed by atoms with Gasteiger partial charge in [-0.15, -0.1) is 0 Å². The fourth-order valence-corrected chi connectivity index (χ4v) is 1.81. The maximum Gasteiger partial charge on any atom is 0.350 e. The van der Waals surface area contributed by atoms with E-state index in [1.807, 2.05) is 6.07 Å². The highest BCUT2D eigenvalue weighted by atomic mass is 19.1. The SMILES string of the molecule is CC1(C)OC(=O)C(=CNc2ccc(CC#N)cc2F)C(=O)O1. The first kappa shape index (κ1) is 15.5. The minimum absolute atomic E-state index is 0.0552. The highest BCUT2D eigenvalue weighted by Gasteiger charge is 2.38. The van der Waals surface area contributed by atoms with Crippen molar-refractivity contribution >= 4 is 17.6 Å². The fourth-order valence-electron chi connectivity index (χ4n) is 1.81. The van der Waals surface area contributed by atoms with Gasteiger partial charge in [-0.3, -0.25) is 0 Å². The van der Waals surface area contributed by atoms with Gasteiger partial charge in [0, 0.05) is 20.0 Å². The summed E-state index contributed by atoms with van der Waals surface area (Å²) in [5, 5.41) is 11.1. The zero-order valence-electron chi connectivity index (χ0n) is 12.0. The molecule has 1 N–H and O–H groups in total. The molecule has 7 heteroatoms. The molecule has 22 heavy (non-hydrogen) atoms. The van der Waals surface area contributed by atoms with Gasteiger partial charge in [-0.25, -0.2) is 14.0 Å². The number of ether oxygens (including phenoxy) is 2. The number of benzene rings is 1. The topological polar surface area (TPSA) is 88.4 Å². The lowest BCUT2D eigenvalue weighted by Crippen LogP contribution is -2.42. The molecule has 1 aromatic carbocycles. The summed E-state index contributed by atoms with van der Waals surface area (Å²) in [5.41, 5.74) is 0.218. The molecule has 0 bridgehead atoms. The lowest BCUT2D eigenvalue weighted by molar-refractivity contribution is -0.222. The first-order valence-electron chi connectivity index (χ1n) is 6.41. The number of nitriles is 1. The lowest BCUT2D eigenvalue weighted by Gasteiger charge is -2.29. The number of esters is 2. The van der Waals surface area contributed by atoms with Gasteiger partial charge in [0.05, 0.1) is 18.2 Å². The highest BCUT2D eigenvalue weighted by molar-refractivity contribution is 6.15. The summed E-state index contributed by atoms with van der Waals surface area (Å²) in [6.07, 6.45) is 1.12. The molecule has 0 atom stereocenters. The van der Waals surface area contributed by atoms with E-state index in [0.29, 0.717) is 5.56 Å². The zero-order chi connectivity index (χ0) is 16.3. The Balaban J connectivity index is 2.17. The maximum absolute atomic E-state index is 13.8. The molecule has 6 nitrogen and oxygen atoms in total. The van der Waals surface area contributed by atoms with Crippen LogP contribution in [0.5, 0.6) is 0 Å². The lowest BCUT2D eigenvalue weighted by atomic mass is 10.1. The van der Waals surface area contributed by atoms with E-state index in [0.717, 1.165) is 6.20 Å². The molecule has 1 fully saturated rings. The van der Waals surface area contributed by atoms with Crippen LogP contribution in [0.1, 0.15) is 19.4 Å². The van der Waals surface area contributed by atoms with E-state index in [4.69, 9.17) is 14.7 Å². The third kappa shape index (κ3) is 3.41. The second-order valence-corrected chi connectivity index (χ2v) is 5.03. The smallest absolute Gasteiger partial charge is 0.350 e. The quantitative estimate of drug-likeness (QED) is 0.522. The zero-order valence-corrected chi connectivity index (χ0v) is 12.0. The number of cyclic esters (lactones) is 2. The molecular formula is C15H13FN2O4. The summed E-state index contributed by atoms with van der Waals surface area (Å²) in [6, 6.07) is 6.08. The van der Waals surface area contributed by atoms with Crippen molar-refractivity contribution in [3.8, 4) is 6.07 Å². The molecule has 0 saturated carbocycles. The van der Waals surface area contributed by atoms with Crippen LogP contribution in [0.3, 0.4) is 0 Å². The van der Waals surface area contributed by atoms with Gasteiger partial charge < -0.3 is 14.8 Å². The fraction of sp³-hybridized carbons (Fsp3) is 0.267. The average molecular weight is 304 g/mol. The van der Waals surface area contributed by atoms with Crippen LogP contribution in [0.2, 0.25) is 0 Å². The summed E-state index contributed by atoms with van der Waals surface area (Å²) in [5.74, 6) is -3.64. The molecule has 1 aliphatic rings. The van der Waals surface area contributed by atoms with Crippen LogP contribution in [0.4, 0.5) is 10.1 Å². The molecule has 114 valence electrons. The van der Waals surface area contributed by atoms with Gasteiger partial charge in [0.25, 0.3) is 5.79 Å². The Morgan fingerprint density at radius 1 is 1.32 bits per heavy atom. The standard InChI is InChI=1S/C15H13FN2O4/c1-15(2)21-13(19)10(14(20)22-15)8-18-12-4-3-9(5-6-17)7-11(12)16/h3-4,7-8,18H,5H2,1-2H3. The first-order valence-corrected chi connectivity index (χ1v) is 6.41. The second-order valence-electron chi connectivity index (χ2n) is 5.03. The molecule has 2 rings (SSSR count). The number of carbonyl (C=O) groups is 2. The van der Waals surface area contributed by atoms with Crippen LogP contribution in [-0.4, -0.2) is 17.7 Å². The Morgan fingerprint density at radius 2 is 1.95 bits per heavy atom. The van der Waals surface area contributed by atoms with E-state index in [1.54, 1.807) is 6.07 Å². The van der Waals surface area contributed by atoms with Crippen molar-refractivity contribution in [3.05, 3.63) is 41.4 Å². The van der Waals surface area contributed by atoms with Crippen LogP contribution in [0.15, 0.2) is 30.0 Å². The van der Waals surface area contributed by atoms with Gasteiger partial charge in [0.1, 0.15) is 5.82 Å². The van der Waals surface area contributed by atoms with E-state index < -0.39 is 23.5 Å². The molecule has 1 aromatic rings. The van der Waals surface area contributed by atoms with Crippen LogP contribution in [0, 0.1) is 17.1 Å². The van der Waals surface area contributed by atoms with Crippen molar-refractivity contribution in [1.82, 2.24) is 0 Å². The van der Waals surface area contributed by atoms with E-state index in [-0.39, 0.29) is 17.7 Å². The van der Waals surface area contributed by atoms with Crippen LogP contribution >= 0.6 is 0 Å². The Kier molecular flexibility index (Phi) is 4.13. The first-order chi connectivity index (χ1) is 10.3. The predicted molar refractivity (Wildman–Crippen MR) is 73.7 cm³/mol. The molecule has 0 aromatic heterocycles. The summed E-state index contributed by atoms with van der Waals surface area (Å²) in [6.45, 7) is 2.86. The van der Waals surface area contributed by atoms with Gasteiger partial charge in [-0.1, -0.05) is 6.07 Å². The number of nitrogens with one attached hydrogen (secondary N) is 1. The van der Waals surface area contributed by atoms with Crippen molar-refractivity contribution in [1.29, 1.82) is 5.26 Å². The van der Waals surface area contributed by atoms with E-state index in [1.165, 1.54) is 26.0 Å². The number of halogens is 1. The largest absolute Gasteiger partial charge is 0.419 e. The second kappa shape index (κ2) is 5.85. The van der Waals surface area contributed by atoms with Gasteiger partial charge in [0.2, 0.25) is 0 Å². The molecule has 0 spiro atoms. The Bertz CT molecular complexity index is 682. The molecule has 0 radical (unpaired) electrons. The van der Waals surface area contributed by atoms with Crippen molar-refractivity contribution in [2.45, 2.75) is 26.1 Å².